The van der Waals surface area contributed by atoms with Crippen LogP contribution in [0.4, 0.5) is 5.69 Å². The van der Waals surface area contributed by atoms with Crippen molar-refractivity contribution in [2.24, 2.45) is 5.92 Å². The van der Waals surface area contributed by atoms with E-state index in [0.717, 1.165) is 19.0 Å². The molecule has 1 aromatic rings. The van der Waals surface area contributed by atoms with Crippen LogP contribution >= 0.6 is 0 Å². The Hall–Kier alpha value is -1.28. The molecule has 0 saturated heterocycles. The first-order valence-corrected chi connectivity index (χ1v) is 8.47. The molecule has 2 heteroatoms. The summed E-state index contributed by atoms with van der Waals surface area (Å²) in [4.78, 5) is 2.36. The summed E-state index contributed by atoms with van der Waals surface area (Å²) < 4.78 is 0. The van der Waals surface area contributed by atoms with Crippen LogP contribution in [0.15, 0.2) is 23.8 Å². The minimum Gasteiger partial charge on any atom is -0.374 e. The predicted octanol–water partition coefficient (Wildman–Crippen LogP) is 3.86. The molecule has 114 valence electrons. The molecule has 1 saturated carbocycles. The highest BCUT2D eigenvalue weighted by Gasteiger charge is 2.18. The maximum absolute atomic E-state index is 3.37. The number of hydrogen-bond acceptors (Lipinski definition) is 2. The van der Waals surface area contributed by atoms with Crippen molar-refractivity contribution in [3.63, 3.8) is 0 Å². The molecular formula is C19H28N2. The van der Waals surface area contributed by atoms with E-state index < -0.39 is 0 Å². The molecule has 0 bridgehead atoms. The van der Waals surface area contributed by atoms with Gasteiger partial charge in [-0.2, -0.15) is 0 Å². The minimum atomic E-state index is 0.794. The summed E-state index contributed by atoms with van der Waals surface area (Å²) in [5.41, 5.74) is 5.92. The smallest absolute Gasteiger partial charge is 0.0397 e. The Bertz CT molecular complexity index is 512. The van der Waals surface area contributed by atoms with E-state index in [-0.39, 0.29) is 0 Å². The quantitative estimate of drug-likeness (QED) is 0.903. The van der Waals surface area contributed by atoms with Crippen molar-refractivity contribution in [1.29, 1.82) is 0 Å². The molecule has 2 nitrogen and oxygen atoms in total. The average molecular weight is 284 g/mol. The number of nitrogens with one attached hydrogen (secondary N) is 1. The zero-order valence-electron chi connectivity index (χ0n) is 13.5. The van der Waals surface area contributed by atoms with Crippen molar-refractivity contribution in [2.75, 3.05) is 32.1 Å². The highest BCUT2D eigenvalue weighted by Crippen LogP contribution is 2.32. The molecule has 1 aliphatic carbocycles. The lowest BCUT2D eigenvalue weighted by atomic mass is 9.83. The molecule has 0 radical (unpaired) electrons. The summed E-state index contributed by atoms with van der Waals surface area (Å²) in [7, 11) is 4.25. The van der Waals surface area contributed by atoms with Crippen molar-refractivity contribution in [3.8, 4) is 0 Å². The molecule has 2 aliphatic rings. The van der Waals surface area contributed by atoms with Crippen LogP contribution in [-0.2, 0) is 6.42 Å². The van der Waals surface area contributed by atoms with Crippen LogP contribution in [0, 0.1) is 5.92 Å². The van der Waals surface area contributed by atoms with E-state index in [4.69, 9.17) is 0 Å². The second-order valence-corrected chi connectivity index (χ2v) is 6.64. The fourth-order valence-electron chi connectivity index (χ4n) is 3.88. The van der Waals surface area contributed by atoms with E-state index in [2.05, 4.69) is 48.6 Å². The second kappa shape index (κ2) is 6.65. The fourth-order valence-corrected chi connectivity index (χ4v) is 3.88. The van der Waals surface area contributed by atoms with Gasteiger partial charge in [0.05, 0.1) is 0 Å². The Kier molecular flexibility index (Phi) is 4.64. The zero-order chi connectivity index (χ0) is 14.7. The molecule has 1 N–H and O–H groups in total. The lowest BCUT2D eigenvalue weighted by Gasteiger charge is -2.24. The molecule has 0 atom stereocenters. The Morgan fingerprint density at radius 1 is 1.29 bits per heavy atom. The van der Waals surface area contributed by atoms with Gasteiger partial charge in [-0.1, -0.05) is 37.0 Å². The molecule has 1 aliphatic heterocycles. The summed E-state index contributed by atoms with van der Waals surface area (Å²) in [6.07, 6.45) is 10.6. The first-order chi connectivity index (χ1) is 10.3. The van der Waals surface area contributed by atoms with Crippen LogP contribution in [-0.4, -0.2) is 27.2 Å². The molecule has 0 aromatic heterocycles. The van der Waals surface area contributed by atoms with Crippen molar-refractivity contribution in [2.45, 2.75) is 38.5 Å². The molecule has 21 heavy (non-hydrogen) atoms. The third-order valence-electron chi connectivity index (χ3n) is 5.09. The van der Waals surface area contributed by atoms with Crippen LogP contribution in [0.1, 0.15) is 43.2 Å². The van der Waals surface area contributed by atoms with Crippen molar-refractivity contribution in [3.05, 3.63) is 34.9 Å². The van der Waals surface area contributed by atoms with E-state index in [1.165, 1.54) is 55.3 Å². The van der Waals surface area contributed by atoms with E-state index in [1.807, 2.05) is 0 Å². The predicted molar refractivity (Wildman–Crippen MR) is 91.9 cm³/mol. The maximum Gasteiger partial charge on any atom is 0.0397 e. The summed E-state index contributed by atoms with van der Waals surface area (Å²) in [5, 5.41) is 3.37. The molecule has 0 amide bonds. The van der Waals surface area contributed by atoms with Crippen molar-refractivity contribution >= 4 is 11.8 Å². The number of rotatable bonds is 4. The zero-order valence-corrected chi connectivity index (χ0v) is 13.5. The molecule has 0 spiro atoms. The SMILES string of the molecule is CNC/C(=C/c1ccc2c(c1)CCN2C)C1CCCCC1. The van der Waals surface area contributed by atoms with Crippen molar-refractivity contribution < 1.29 is 0 Å². The van der Waals surface area contributed by atoms with E-state index in [0.29, 0.717) is 0 Å². The molecule has 3 rings (SSSR count). The van der Waals surface area contributed by atoms with Gasteiger partial charge in [0.1, 0.15) is 0 Å². The van der Waals surface area contributed by atoms with Gasteiger partial charge in [0.15, 0.2) is 0 Å². The molecule has 1 aromatic carbocycles. The fraction of sp³-hybridized carbons (Fsp3) is 0.579. The largest absolute Gasteiger partial charge is 0.374 e. The van der Waals surface area contributed by atoms with Gasteiger partial charge in [0.2, 0.25) is 0 Å². The molecule has 1 heterocycles. The Labute approximate surface area is 129 Å². The number of likely N-dealkylation sites (N-methyl/N-ethyl adjacent to an activating group) is 2. The van der Waals surface area contributed by atoms with Crippen LogP contribution in [0.3, 0.4) is 0 Å². The topological polar surface area (TPSA) is 15.3 Å². The van der Waals surface area contributed by atoms with Gasteiger partial charge in [-0.15, -0.1) is 0 Å². The average Bonchev–Trinajstić information content (AvgIpc) is 2.89. The molecular weight excluding hydrogens is 256 g/mol. The van der Waals surface area contributed by atoms with E-state index >= 15 is 0 Å². The highest BCUT2D eigenvalue weighted by atomic mass is 15.1. The van der Waals surface area contributed by atoms with Crippen LogP contribution in [0.2, 0.25) is 0 Å². The Balaban J connectivity index is 1.83. The summed E-state index contributed by atoms with van der Waals surface area (Å²) in [5.74, 6) is 0.794. The first kappa shape index (κ1) is 14.6. The molecule has 1 fully saturated rings. The highest BCUT2D eigenvalue weighted by molar-refractivity contribution is 5.64. The van der Waals surface area contributed by atoms with Crippen molar-refractivity contribution in [1.82, 2.24) is 5.32 Å². The minimum absolute atomic E-state index is 0.794. The van der Waals surface area contributed by atoms with E-state index in [9.17, 15) is 0 Å². The van der Waals surface area contributed by atoms with Gasteiger partial charge < -0.3 is 10.2 Å². The van der Waals surface area contributed by atoms with Gasteiger partial charge in [0, 0.05) is 25.8 Å². The van der Waals surface area contributed by atoms with E-state index in [1.54, 1.807) is 5.57 Å². The summed E-state index contributed by atoms with van der Waals surface area (Å²) in [6.45, 7) is 2.19. The Morgan fingerprint density at radius 3 is 2.86 bits per heavy atom. The monoisotopic (exact) mass is 284 g/mol. The summed E-state index contributed by atoms with van der Waals surface area (Å²) >= 11 is 0. The number of benzene rings is 1. The Morgan fingerprint density at radius 2 is 2.10 bits per heavy atom. The normalized spacial score (nSPS) is 19.9. The molecule has 0 unspecified atom stereocenters. The lowest BCUT2D eigenvalue weighted by Crippen LogP contribution is -2.19. The van der Waals surface area contributed by atoms with Gasteiger partial charge in [-0.05, 0) is 55.5 Å². The van der Waals surface area contributed by atoms with Gasteiger partial charge in [0.25, 0.3) is 0 Å². The van der Waals surface area contributed by atoms with Crippen LogP contribution in [0.5, 0.6) is 0 Å². The number of nitrogens with zero attached hydrogens (tertiary/aromatic N) is 1. The standard InChI is InChI=1S/C19H28N2/c1-20-14-18(16-6-4-3-5-7-16)13-15-8-9-19-17(12-15)10-11-21(19)2/h8-9,12-13,16,20H,3-7,10-11,14H2,1-2H3/b18-13-. The third kappa shape index (κ3) is 3.32. The second-order valence-electron chi connectivity index (χ2n) is 6.64. The number of anilines is 1. The number of fused-ring (bicyclic) bond motifs is 1. The third-order valence-corrected chi connectivity index (χ3v) is 5.09. The van der Waals surface area contributed by atoms with Gasteiger partial charge in [-0.25, -0.2) is 0 Å². The van der Waals surface area contributed by atoms with Gasteiger partial charge in [-0.3, -0.25) is 0 Å². The van der Waals surface area contributed by atoms with Gasteiger partial charge >= 0.3 is 0 Å². The lowest BCUT2D eigenvalue weighted by molar-refractivity contribution is 0.398. The maximum atomic E-state index is 3.37. The van der Waals surface area contributed by atoms with Crippen LogP contribution in [0.25, 0.3) is 6.08 Å². The van der Waals surface area contributed by atoms with Crippen LogP contribution < -0.4 is 10.2 Å². The first-order valence-electron chi connectivity index (χ1n) is 8.47. The summed E-state index contributed by atoms with van der Waals surface area (Å²) in [6, 6.07) is 6.99. The number of hydrogen-bond donors (Lipinski definition) is 1.